The highest BCUT2D eigenvalue weighted by Gasteiger charge is 1.92. The molecule has 0 aromatic carbocycles. The Morgan fingerprint density at radius 2 is 2.36 bits per heavy atom. The van der Waals surface area contributed by atoms with Gasteiger partial charge in [0, 0.05) is 15.1 Å². The van der Waals surface area contributed by atoms with Gasteiger partial charge in [0.15, 0.2) is 0 Å². The van der Waals surface area contributed by atoms with Crippen LogP contribution >= 0.6 is 27.3 Å². The van der Waals surface area contributed by atoms with Gasteiger partial charge in [-0.1, -0.05) is 28.9 Å². The zero-order valence-electron chi connectivity index (χ0n) is 6.51. The lowest BCUT2D eigenvalue weighted by Crippen LogP contribution is -1.63. The SMILES string of the molecule is CCc1ccc(/C=C/CBr)s1. The number of thiophene rings is 1. The Bertz CT molecular complexity index is 237. The van der Waals surface area contributed by atoms with E-state index in [2.05, 4.69) is 47.1 Å². The van der Waals surface area contributed by atoms with Crippen LogP contribution in [-0.2, 0) is 6.42 Å². The van der Waals surface area contributed by atoms with Crippen LogP contribution in [0.2, 0.25) is 0 Å². The lowest BCUT2D eigenvalue weighted by molar-refractivity contribution is 1.19. The first-order valence-corrected chi connectivity index (χ1v) is 5.62. The molecule has 1 heterocycles. The lowest BCUT2D eigenvalue weighted by atomic mass is 10.3. The standard InChI is InChI=1S/C9H11BrS/c1-2-8-5-6-9(11-8)4-3-7-10/h3-6H,2,7H2,1H3/b4-3+. The molecule has 0 fully saturated rings. The fraction of sp³-hybridized carbons (Fsp3) is 0.333. The normalized spacial score (nSPS) is 11.1. The summed E-state index contributed by atoms with van der Waals surface area (Å²) in [5.74, 6) is 0. The number of halogens is 1. The highest BCUT2D eigenvalue weighted by molar-refractivity contribution is 9.09. The molecule has 1 aromatic heterocycles. The van der Waals surface area contributed by atoms with E-state index in [1.54, 1.807) is 0 Å². The van der Waals surface area contributed by atoms with Crippen molar-refractivity contribution in [2.24, 2.45) is 0 Å². The third kappa shape index (κ3) is 2.80. The summed E-state index contributed by atoms with van der Waals surface area (Å²) in [4.78, 5) is 2.81. The average Bonchev–Trinajstić information content (AvgIpc) is 2.48. The first-order valence-electron chi connectivity index (χ1n) is 3.68. The second-order valence-corrected chi connectivity index (χ2v) is 4.06. The van der Waals surface area contributed by atoms with Gasteiger partial charge >= 0.3 is 0 Å². The second-order valence-electron chi connectivity index (χ2n) is 2.21. The molecule has 0 saturated heterocycles. The fourth-order valence-electron chi connectivity index (χ4n) is 0.835. The van der Waals surface area contributed by atoms with Gasteiger partial charge in [0.05, 0.1) is 0 Å². The topological polar surface area (TPSA) is 0 Å². The Morgan fingerprint density at radius 1 is 1.55 bits per heavy atom. The highest BCUT2D eigenvalue weighted by atomic mass is 79.9. The Hall–Kier alpha value is -0.0800. The number of rotatable bonds is 3. The number of hydrogen-bond acceptors (Lipinski definition) is 1. The molecule has 0 aliphatic carbocycles. The molecular weight excluding hydrogens is 220 g/mol. The van der Waals surface area contributed by atoms with Gasteiger partial charge in [-0.2, -0.15) is 0 Å². The molecule has 1 aromatic rings. The van der Waals surface area contributed by atoms with Crippen LogP contribution in [0.5, 0.6) is 0 Å². The number of alkyl halides is 1. The number of allylic oxidation sites excluding steroid dienone is 1. The van der Waals surface area contributed by atoms with Gasteiger partial charge in [0.2, 0.25) is 0 Å². The Labute approximate surface area is 80.1 Å². The minimum Gasteiger partial charge on any atom is -0.141 e. The van der Waals surface area contributed by atoms with Crippen LogP contribution in [-0.4, -0.2) is 5.33 Å². The Balaban J connectivity index is 2.65. The monoisotopic (exact) mass is 230 g/mol. The summed E-state index contributed by atoms with van der Waals surface area (Å²) < 4.78 is 0. The zero-order chi connectivity index (χ0) is 8.10. The van der Waals surface area contributed by atoms with Crippen molar-refractivity contribution >= 4 is 33.3 Å². The molecule has 0 nitrogen and oxygen atoms in total. The highest BCUT2D eigenvalue weighted by Crippen LogP contribution is 2.18. The third-order valence-electron chi connectivity index (χ3n) is 1.40. The summed E-state index contributed by atoms with van der Waals surface area (Å²) in [6, 6.07) is 4.36. The molecule has 1 rings (SSSR count). The van der Waals surface area contributed by atoms with Crippen molar-refractivity contribution in [1.82, 2.24) is 0 Å². The van der Waals surface area contributed by atoms with Gasteiger partial charge in [0.1, 0.15) is 0 Å². The molecule has 0 amide bonds. The minimum atomic E-state index is 0.937. The molecule has 0 unspecified atom stereocenters. The van der Waals surface area contributed by atoms with E-state index >= 15 is 0 Å². The van der Waals surface area contributed by atoms with Gasteiger partial charge in [-0.25, -0.2) is 0 Å². The molecule has 11 heavy (non-hydrogen) atoms. The number of hydrogen-bond donors (Lipinski definition) is 0. The van der Waals surface area contributed by atoms with Gasteiger partial charge in [-0.05, 0) is 24.6 Å². The summed E-state index contributed by atoms with van der Waals surface area (Å²) >= 11 is 5.21. The number of aryl methyl sites for hydroxylation is 1. The largest absolute Gasteiger partial charge is 0.141 e. The van der Waals surface area contributed by atoms with Crippen LogP contribution in [0.4, 0.5) is 0 Å². The molecule has 0 aliphatic heterocycles. The van der Waals surface area contributed by atoms with Crippen molar-refractivity contribution in [1.29, 1.82) is 0 Å². The molecular formula is C9H11BrS. The van der Waals surface area contributed by atoms with Crippen LogP contribution in [0, 0.1) is 0 Å². The van der Waals surface area contributed by atoms with E-state index in [-0.39, 0.29) is 0 Å². The van der Waals surface area contributed by atoms with Crippen molar-refractivity contribution in [3.63, 3.8) is 0 Å². The van der Waals surface area contributed by atoms with Crippen molar-refractivity contribution in [2.45, 2.75) is 13.3 Å². The van der Waals surface area contributed by atoms with Crippen LogP contribution < -0.4 is 0 Å². The summed E-state index contributed by atoms with van der Waals surface area (Å²) in [6.07, 6.45) is 5.41. The molecule has 0 spiro atoms. The van der Waals surface area contributed by atoms with Gasteiger partial charge in [0.25, 0.3) is 0 Å². The average molecular weight is 231 g/mol. The third-order valence-corrected chi connectivity index (χ3v) is 2.97. The Morgan fingerprint density at radius 3 is 2.91 bits per heavy atom. The van der Waals surface area contributed by atoms with Gasteiger partial charge in [-0.15, -0.1) is 11.3 Å². The maximum atomic E-state index is 3.35. The molecule has 0 atom stereocenters. The molecule has 2 heteroatoms. The molecule has 0 saturated carbocycles. The maximum Gasteiger partial charge on any atom is 0.0270 e. The van der Waals surface area contributed by atoms with Crippen molar-refractivity contribution in [3.8, 4) is 0 Å². The van der Waals surface area contributed by atoms with E-state index in [4.69, 9.17) is 0 Å². The quantitative estimate of drug-likeness (QED) is 0.695. The Kier molecular flexibility index (Phi) is 3.87. The molecule has 0 radical (unpaired) electrons. The van der Waals surface area contributed by atoms with E-state index in [0.29, 0.717) is 0 Å². The molecule has 0 N–H and O–H groups in total. The van der Waals surface area contributed by atoms with Crippen molar-refractivity contribution in [3.05, 3.63) is 28.0 Å². The van der Waals surface area contributed by atoms with Crippen molar-refractivity contribution < 1.29 is 0 Å². The zero-order valence-corrected chi connectivity index (χ0v) is 8.91. The summed E-state index contributed by atoms with van der Waals surface area (Å²) in [6.45, 7) is 2.18. The van der Waals surface area contributed by atoms with Crippen LogP contribution in [0.15, 0.2) is 18.2 Å². The van der Waals surface area contributed by atoms with E-state index in [1.807, 2.05) is 11.3 Å². The van der Waals surface area contributed by atoms with E-state index in [1.165, 1.54) is 9.75 Å². The van der Waals surface area contributed by atoms with E-state index in [0.717, 1.165) is 11.8 Å². The summed E-state index contributed by atoms with van der Waals surface area (Å²) in [5, 5.41) is 0.937. The van der Waals surface area contributed by atoms with Crippen molar-refractivity contribution in [2.75, 3.05) is 5.33 Å². The predicted molar refractivity (Wildman–Crippen MR) is 56.5 cm³/mol. The first kappa shape index (κ1) is 9.01. The smallest absolute Gasteiger partial charge is 0.0270 e. The fourth-order valence-corrected chi connectivity index (χ4v) is 1.91. The molecule has 0 bridgehead atoms. The van der Waals surface area contributed by atoms with Crippen LogP contribution in [0.3, 0.4) is 0 Å². The molecule has 0 aliphatic rings. The summed E-state index contributed by atoms with van der Waals surface area (Å²) in [7, 11) is 0. The minimum absolute atomic E-state index is 0.937. The van der Waals surface area contributed by atoms with E-state index < -0.39 is 0 Å². The van der Waals surface area contributed by atoms with Gasteiger partial charge in [-0.3, -0.25) is 0 Å². The summed E-state index contributed by atoms with van der Waals surface area (Å²) in [5.41, 5.74) is 0. The van der Waals surface area contributed by atoms with Crippen LogP contribution in [0.25, 0.3) is 6.08 Å². The van der Waals surface area contributed by atoms with E-state index in [9.17, 15) is 0 Å². The predicted octanol–water partition coefficient (Wildman–Crippen LogP) is 3.72. The van der Waals surface area contributed by atoms with Gasteiger partial charge < -0.3 is 0 Å². The lowest BCUT2D eigenvalue weighted by Gasteiger charge is -1.83. The van der Waals surface area contributed by atoms with Crippen LogP contribution in [0.1, 0.15) is 16.7 Å². The molecule has 60 valence electrons. The second kappa shape index (κ2) is 4.73. The first-order chi connectivity index (χ1) is 5.36. The maximum absolute atomic E-state index is 3.35.